The van der Waals surface area contributed by atoms with Gasteiger partial charge >= 0.3 is 0 Å². The lowest BCUT2D eigenvalue weighted by molar-refractivity contribution is -0.131. The van der Waals surface area contributed by atoms with E-state index in [1.54, 1.807) is 55.4 Å². The summed E-state index contributed by atoms with van der Waals surface area (Å²) in [6, 6.07) is 11.5. The summed E-state index contributed by atoms with van der Waals surface area (Å²) in [6.45, 7) is 4.96. The van der Waals surface area contributed by atoms with Gasteiger partial charge in [-0.25, -0.2) is 4.39 Å². The number of anilines is 1. The third-order valence-electron chi connectivity index (χ3n) is 4.44. The van der Waals surface area contributed by atoms with E-state index in [2.05, 4.69) is 5.32 Å². The minimum Gasteiger partial charge on any atom is -0.490 e. The Morgan fingerprint density at radius 3 is 2.32 bits per heavy atom. The largest absolute Gasteiger partial charge is 0.490 e. The van der Waals surface area contributed by atoms with E-state index in [-0.39, 0.29) is 37.3 Å². The number of nitrogens with one attached hydrogen (secondary N) is 1. The quantitative estimate of drug-likeness (QED) is 0.592. The summed E-state index contributed by atoms with van der Waals surface area (Å²) < 4.78 is 24.9. The lowest BCUT2D eigenvalue weighted by Gasteiger charge is -2.22. The molecule has 0 heterocycles. The van der Waals surface area contributed by atoms with Crippen LogP contribution in [0, 0.1) is 5.82 Å². The van der Waals surface area contributed by atoms with Crippen LogP contribution in [0.1, 0.15) is 19.4 Å². The third-order valence-corrected chi connectivity index (χ3v) is 4.44. The van der Waals surface area contributed by atoms with Gasteiger partial charge in [-0.3, -0.25) is 14.5 Å². The molecule has 1 N–H and O–H groups in total. The highest BCUT2D eigenvalue weighted by molar-refractivity contribution is 5.93. The molecule has 2 aromatic rings. The highest BCUT2D eigenvalue weighted by Gasteiger charge is 2.16. The first kappa shape index (κ1) is 24.1. The van der Waals surface area contributed by atoms with Crippen LogP contribution in [0.15, 0.2) is 42.5 Å². The van der Waals surface area contributed by atoms with Gasteiger partial charge in [0.2, 0.25) is 11.8 Å². The van der Waals surface area contributed by atoms with Crippen LogP contribution in [0.25, 0.3) is 0 Å². The van der Waals surface area contributed by atoms with Crippen molar-refractivity contribution < 1.29 is 23.5 Å². The Balaban J connectivity index is 1.88. The molecule has 2 aromatic carbocycles. The highest BCUT2D eigenvalue weighted by Crippen LogP contribution is 2.30. The van der Waals surface area contributed by atoms with Gasteiger partial charge in [-0.05, 0) is 39.1 Å². The molecule has 0 spiro atoms. The van der Waals surface area contributed by atoms with Crippen molar-refractivity contribution in [2.45, 2.75) is 20.4 Å². The number of likely N-dealkylation sites (N-methyl/N-ethyl adjacent to an activating group) is 2. The Morgan fingerprint density at radius 1 is 0.968 bits per heavy atom. The third kappa shape index (κ3) is 7.57. The van der Waals surface area contributed by atoms with Gasteiger partial charge < -0.3 is 19.7 Å². The van der Waals surface area contributed by atoms with Crippen LogP contribution >= 0.6 is 0 Å². The van der Waals surface area contributed by atoms with Crippen molar-refractivity contribution in [3.05, 3.63) is 53.8 Å². The van der Waals surface area contributed by atoms with Crippen LogP contribution in [-0.4, -0.2) is 62.0 Å². The Hall–Kier alpha value is -3.13. The normalized spacial score (nSPS) is 10.6. The summed E-state index contributed by atoms with van der Waals surface area (Å²) in [6.07, 6.45) is 0. The van der Waals surface area contributed by atoms with Crippen LogP contribution < -0.4 is 14.8 Å². The summed E-state index contributed by atoms with van der Waals surface area (Å²) in [7, 11) is 3.29. The molecule has 0 aliphatic heterocycles. The van der Waals surface area contributed by atoms with E-state index >= 15 is 0 Å². The SMILES string of the molecule is CCOc1ccc(NC(=O)CN(C)CC(=O)N(C)Cc2ccccc2F)cc1OCC. The van der Waals surface area contributed by atoms with Gasteiger partial charge in [-0.1, -0.05) is 18.2 Å². The zero-order chi connectivity index (χ0) is 22.8. The number of rotatable bonds is 11. The summed E-state index contributed by atoms with van der Waals surface area (Å²) in [4.78, 5) is 27.9. The molecular weight excluding hydrogens is 401 g/mol. The molecular formula is C23H30FN3O4. The average Bonchev–Trinajstić information content (AvgIpc) is 2.71. The maximum atomic E-state index is 13.8. The molecule has 8 heteroatoms. The number of carbonyl (C=O) groups excluding carboxylic acids is 2. The first-order valence-electron chi connectivity index (χ1n) is 10.2. The van der Waals surface area contributed by atoms with Gasteiger partial charge in [-0.2, -0.15) is 0 Å². The number of benzene rings is 2. The summed E-state index contributed by atoms with van der Waals surface area (Å²) >= 11 is 0. The molecule has 31 heavy (non-hydrogen) atoms. The van der Waals surface area contributed by atoms with E-state index in [9.17, 15) is 14.0 Å². The van der Waals surface area contributed by atoms with Crippen molar-refractivity contribution in [3.8, 4) is 11.5 Å². The second-order valence-electron chi connectivity index (χ2n) is 7.09. The lowest BCUT2D eigenvalue weighted by Crippen LogP contribution is -2.39. The van der Waals surface area contributed by atoms with Crippen molar-refractivity contribution in [2.24, 2.45) is 0 Å². The van der Waals surface area contributed by atoms with Crippen molar-refractivity contribution in [1.29, 1.82) is 0 Å². The lowest BCUT2D eigenvalue weighted by atomic mass is 10.2. The fourth-order valence-electron chi connectivity index (χ4n) is 2.95. The Labute approximate surface area is 182 Å². The predicted octanol–water partition coefficient (Wildman–Crippen LogP) is 3.15. The van der Waals surface area contributed by atoms with Crippen molar-refractivity contribution in [3.63, 3.8) is 0 Å². The average molecular weight is 432 g/mol. The van der Waals surface area contributed by atoms with Gasteiger partial charge in [0.1, 0.15) is 5.82 Å². The number of halogens is 1. The maximum absolute atomic E-state index is 13.8. The molecule has 0 aliphatic rings. The van der Waals surface area contributed by atoms with E-state index < -0.39 is 0 Å². The molecule has 0 aromatic heterocycles. The van der Waals surface area contributed by atoms with E-state index in [0.717, 1.165) is 0 Å². The number of hydrogen-bond acceptors (Lipinski definition) is 5. The Kier molecular flexibility index (Phi) is 9.27. The second kappa shape index (κ2) is 11.9. The molecule has 0 aliphatic carbocycles. The minimum atomic E-state index is -0.350. The van der Waals surface area contributed by atoms with Crippen LogP contribution in [0.5, 0.6) is 11.5 Å². The van der Waals surface area contributed by atoms with Crippen LogP contribution in [-0.2, 0) is 16.1 Å². The molecule has 0 fully saturated rings. The fraction of sp³-hybridized carbons (Fsp3) is 0.391. The zero-order valence-electron chi connectivity index (χ0n) is 18.5. The van der Waals surface area contributed by atoms with E-state index in [0.29, 0.717) is 36.0 Å². The monoisotopic (exact) mass is 431 g/mol. The maximum Gasteiger partial charge on any atom is 0.238 e. The molecule has 0 saturated carbocycles. The van der Waals surface area contributed by atoms with Gasteiger partial charge in [0, 0.05) is 30.9 Å². The Morgan fingerprint density at radius 2 is 1.65 bits per heavy atom. The second-order valence-corrected chi connectivity index (χ2v) is 7.09. The van der Waals surface area contributed by atoms with Crippen molar-refractivity contribution >= 4 is 17.5 Å². The standard InChI is InChI=1S/C23H30FN3O4/c1-5-30-20-12-11-18(13-21(20)31-6-2)25-22(28)15-26(3)16-23(29)27(4)14-17-9-7-8-10-19(17)24/h7-13H,5-6,14-16H2,1-4H3,(H,25,28). The molecule has 2 rings (SSSR count). The fourth-order valence-corrected chi connectivity index (χ4v) is 2.95. The number of amides is 2. The van der Waals surface area contributed by atoms with Gasteiger partial charge in [0.25, 0.3) is 0 Å². The number of nitrogens with zero attached hydrogens (tertiary/aromatic N) is 2. The summed E-state index contributed by atoms with van der Waals surface area (Å²) in [5.41, 5.74) is 1.02. The van der Waals surface area contributed by atoms with Gasteiger partial charge in [0.15, 0.2) is 11.5 Å². The first-order valence-corrected chi connectivity index (χ1v) is 10.2. The highest BCUT2D eigenvalue weighted by atomic mass is 19.1. The van der Waals surface area contributed by atoms with Crippen molar-refractivity contribution in [2.75, 3.05) is 45.7 Å². The smallest absolute Gasteiger partial charge is 0.238 e. The topological polar surface area (TPSA) is 71.1 Å². The molecule has 0 saturated heterocycles. The number of hydrogen-bond donors (Lipinski definition) is 1. The molecule has 0 bridgehead atoms. The number of ether oxygens (including phenoxy) is 2. The van der Waals surface area contributed by atoms with Crippen molar-refractivity contribution in [1.82, 2.24) is 9.80 Å². The van der Waals surface area contributed by atoms with Gasteiger partial charge in [-0.15, -0.1) is 0 Å². The summed E-state index contributed by atoms with van der Waals surface area (Å²) in [5, 5.41) is 2.80. The molecule has 2 amide bonds. The predicted molar refractivity (Wildman–Crippen MR) is 118 cm³/mol. The molecule has 0 unspecified atom stereocenters. The van der Waals surface area contributed by atoms with E-state index in [1.165, 1.54) is 11.0 Å². The minimum absolute atomic E-state index is 0.0243. The zero-order valence-corrected chi connectivity index (χ0v) is 18.5. The summed E-state index contributed by atoms with van der Waals surface area (Å²) in [5.74, 6) is 0.344. The molecule has 7 nitrogen and oxygen atoms in total. The van der Waals surface area contributed by atoms with Crippen LogP contribution in [0.2, 0.25) is 0 Å². The first-order chi connectivity index (χ1) is 14.8. The molecule has 168 valence electrons. The van der Waals surface area contributed by atoms with E-state index in [1.807, 2.05) is 13.8 Å². The number of carbonyl (C=O) groups is 2. The van der Waals surface area contributed by atoms with Crippen LogP contribution in [0.4, 0.5) is 10.1 Å². The van der Waals surface area contributed by atoms with E-state index in [4.69, 9.17) is 9.47 Å². The molecule has 0 atom stereocenters. The Bertz CT molecular complexity index is 891. The van der Waals surface area contributed by atoms with Gasteiger partial charge in [0.05, 0.1) is 26.3 Å². The van der Waals surface area contributed by atoms with Crippen LogP contribution in [0.3, 0.4) is 0 Å². The molecule has 0 radical (unpaired) electrons.